The molecule has 34 heavy (non-hydrogen) atoms. The van der Waals surface area contributed by atoms with E-state index >= 15 is 0 Å². The van der Waals surface area contributed by atoms with Gasteiger partial charge in [-0.15, -0.1) is 11.3 Å². The van der Waals surface area contributed by atoms with Crippen LogP contribution in [0.4, 0.5) is 5.13 Å². The van der Waals surface area contributed by atoms with Gasteiger partial charge in [-0.3, -0.25) is 14.6 Å². The Balaban J connectivity index is 1.05. The van der Waals surface area contributed by atoms with E-state index in [0.717, 1.165) is 60.6 Å². The van der Waals surface area contributed by atoms with Crippen molar-refractivity contribution in [2.45, 2.75) is 0 Å². The van der Waals surface area contributed by atoms with E-state index < -0.39 is 0 Å². The average Bonchev–Trinajstić information content (AvgIpc) is 3.48. The van der Waals surface area contributed by atoms with Crippen molar-refractivity contribution in [1.29, 1.82) is 0 Å². The largest absolute Gasteiger partial charge is 0.492 e. The first-order chi connectivity index (χ1) is 16.6. The molecule has 1 aliphatic rings. The van der Waals surface area contributed by atoms with Crippen LogP contribution in [0.5, 0.6) is 5.75 Å². The molecule has 0 aliphatic carbocycles. The van der Waals surface area contributed by atoms with Crippen LogP contribution in [0.1, 0.15) is 0 Å². The second-order valence-electron chi connectivity index (χ2n) is 8.25. The van der Waals surface area contributed by atoms with Crippen molar-refractivity contribution in [3.63, 3.8) is 0 Å². The number of nitrogens with zero attached hydrogens (tertiary/aromatic N) is 3. The summed E-state index contributed by atoms with van der Waals surface area (Å²) in [5.41, 5.74) is 2.99. The number of piperazine rings is 1. The number of hydrogen-bond acceptors (Lipinski definition) is 6. The summed E-state index contributed by atoms with van der Waals surface area (Å²) < 4.78 is 5.79. The molecule has 9 heteroatoms. The van der Waals surface area contributed by atoms with Gasteiger partial charge in [0.15, 0.2) is 5.13 Å². The van der Waals surface area contributed by atoms with Crippen molar-refractivity contribution in [2.75, 3.05) is 51.2 Å². The lowest BCUT2D eigenvalue weighted by molar-refractivity contribution is -0.117. The fourth-order valence-corrected chi connectivity index (χ4v) is 4.95. The Hall–Kier alpha value is -2.91. The number of benzene rings is 2. The summed E-state index contributed by atoms with van der Waals surface area (Å²) in [6, 6.07) is 15.6. The summed E-state index contributed by atoms with van der Waals surface area (Å²) in [7, 11) is 0. The van der Waals surface area contributed by atoms with E-state index in [1.54, 1.807) is 0 Å². The number of fused-ring (bicyclic) bond motifs is 1. The molecular formula is C25H26ClN5O2S. The Morgan fingerprint density at radius 3 is 2.68 bits per heavy atom. The van der Waals surface area contributed by atoms with Crippen LogP contribution in [0.15, 0.2) is 60.1 Å². The highest BCUT2D eigenvalue weighted by molar-refractivity contribution is 7.14. The number of halogens is 1. The predicted octanol–water partition coefficient (Wildman–Crippen LogP) is 4.58. The quantitative estimate of drug-likeness (QED) is 0.374. The lowest BCUT2D eigenvalue weighted by Crippen LogP contribution is -2.49. The second kappa shape index (κ2) is 10.6. The fourth-order valence-electron chi connectivity index (χ4n) is 4.09. The van der Waals surface area contributed by atoms with Crippen LogP contribution in [0.25, 0.3) is 22.2 Å². The summed E-state index contributed by atoms with van der Waals surface area (Å²) in [6.45, 7) is 5.40. The van der Waals surface area contributed by atoms with Gasteiger partial charge < -0.3 is 15.0 Å². The molecule has 2 aromatic carbocycles. The van der Waals surface area contributed by atoms with Crippen molar-refractivity contribution < 1.29 is 9.53 Å². The maximum Gasteiger partial charge on any atom is 0.240 e. The van der Waals surface area contributed by atoms with Crippen LogP contribution in [-0.4, -0.2) is 71.6 Å². The molecule has 1 saturated heterocycles. The molecule has 0 bridgehead atoms. The van der Waals surface area contributed by atoms with Crippen LogP contribution in [0, 0.1) is 0 Å². The fraction of sp³-hybridized carbons (Fsp3) is 0.280. The standard InChI is InChI=1S/C25H26ClN5O2S/c26-18-5-7-19(8-6-18)33-14-13-30-9-11-31(12-10-30)16-24(32)29-25-28-23(17-34-25)21-15-27-22-4-2-1-3-20(21)22/h1-8,15,17,27H,9-14,16H2,(H,28,29,32). The zero-order valence-electron chi connectivity index (χ0n) is 18.7. The van der Waals surface area contributed by atoms with Gasteiger partial charge in [-0.1, -0.05) is 29.8 Å². The molecule has 0 atom stereocenters. The van der Waals surface area contributed by atoms with Gasteiger partial charge in [0, 0.05) is 65.8 Å². The van der Waals surface area contributed by atoms with Crippen LogP contribution in [-0.2, 0) is 4.79 Å². The number of ether oxygens (including phenoxy) is 1. The van der Waals surface area contributed by atoms with Gasteiger partial charge in [-0.25, -0.2) is 4.98 Å². The summed E-state index contributed by atoms with van der Waals surface area (Å²) >= 11 is 7.35. The van der Waals surface area contributed by atoms with Crippen LogP contribution < -0.4 is 10.1 Å². The third kappa shape index (κ3) is 5.59. The lowest BCUT2D eigenvalue weighted by Gasteiger charge is -2.34. The SMILES string of the molecule is O=C(CN1CCN(CCOc2ccc(Cl)cc2)CC1)Nc1nc(-c2c[nH]c3ccccc23)cs1. The van der Waals surface area contributed by atoms with Crippen LogP contribution >= 0.6 is 22.9 Å². The van der Waals surface area contributed by atoms with E-state index in [9.17, 15) is 4.79 Å². The van der Waals surface area contributed by atoms with E-state index in [4.69, 9.17) is 16.3 Å². The Bertz CT molecular complexity index is 1250. The van der Waals surface area contributed by atoms with Crippen LogP contribution in [0.2, 0.25) is 5.02 Å². The van der Waals surface area contributed by atoms with Gasteiger partial charge in [0.05, 0.1) is 12.2 Å². The number of H-pyrrole nitrogens is 1. The molecule has 3 heterocycles. The monoisotopic (exact) mass is 495 g/mol. The molecule has 4 aromatic rings. The van der Waals surface area contributed by atoms with E-state index in [2.05, 4.69) is 31.2 Å². The molecule has 5 rings (SSSR count). The predicted molar refractivity (Wildman–Crippen MR) is 138 cm³/mol. The van der Waals surface area contributed by atoms with E-state index in [0.29, 0.717) is 23.3 Å². The lowest BCUT2D eigenvalue weighted by atomic mass is 10.1. The number of carbonyl (C=O) groups excluding carboxylic acids is 1. The molecule has 2 aromatic heterocycles. The second-order valence-corrected chi connectivity index (χ2v) is 9.55. The third-order valence-corrected chi connectivity index (χ3v) is 6.95. The number of carbonyl (C=O) groups is 1. The van der Waals surface area contributed by atoms with Gasteiger partial charge in [-0.05, 0) is 30.3 Å². The molecule has 1 aliphatic heterocycles. The third-order valence-electron chi connectivity index (χ3n) is 5.94. The van der Waals surface area contributed by atoms with Gasteiger partial charge in [0.25, 0.3) is 0 Å². The average molecular weight is 496 g/mol. The summed E-state index contributed by atoms with van der Waals surface area (Å²) in [5.74, 6) is 0.800. The van der Waals surface area contributed by atoms with Crippen molar-refractivity contribution in [3.05, 3.63) is 65.1 Å². The van der Waals surface area contributed by atoms with E-state index in [1.165, 1.54) is 11.3 Å². The van der Waals surface area contributed by atoms with Crippen molar-refractivity contribution >= 4 is 44.9 Å². The summed E-state index contributed by atoms with van der Waals surface area (Å²) in [5, 5.41) is 7.40. The van der Waals surface area contributed by atoms with E-state index in [1.807, 2.05) is 54.0 Å². The smallest absolute Gasteiger partial charge is 0.240 e. The van der Waals surface area contributed by atoms with Crippen LogP contribution in [0.3, 0.4) is 0 Å². The molecule has 0 spiro atoms. The summed E-state index contributed by atoms with van der Waals surface area (Å²) in [4.78, 5) is 25.0. The van der Waals surface area contributed by atoms with Gasteiger partial charge >= 0.3 is 0 Å². The molecule has 0 unspecified atom stereocenters. The van der Waals surface area contributed by atoms with Gasteiger partial charge in [0.1, 0.15) is 12.4 Å². The van der Waals surface area contributed by atoms with Gasteiger partial charge in [-0.2, -0.15) is 0 Å². The maximum absolute atomic E-state index is 12.6. The number of para-hydroxylation sites is 1. The summed E-state index contributed by atoms with van der Waals surface area (Å²) in [6.07, 6.45) is 1.96. The molecule has 2 N–H and O–H groups in total. The number of anilines is 1. The molecule has 1 amide bonds. The number of rotatable bonds is 8. The van der Waals surface area contributed by atoms with Crippen molar-refractivity contribution in [1.82, 2.24) is 19.8 Å². The number of aromatic nitrogens is 2. The first kappa shape index (κ1) is 22.9. The Morgan fingerprint density at radius 2 is 1.85 bits per heavy atom. The Labute approximate surface area is 207 Å². The number of hydrogen-bond donors (Lipinski definition) is 2. The first-order valence-corrected chi connectivity index (χ1v) is 12.5. The number of amides is 1. The minimum Gasteiger partial charge on any atom is -0.492 e. The first-order valence-electron chi connectivity index (χ1n) is 11.3. The van der Waals surface area contributed by atoms with E-state index in [-0.39, 0.29) is 5.91 Å². The van der Waals surface area contributed by atoms with Crippen molar-refractivity contribution in [3.8, 4) is 17.0 Å². The minimum atomic E-state index is -0.0284. The highest BCUT2D eigenvalue weighted by atomic mass is 35.5. The number of thiazole rings is 1. The number of aromatic amines is 1. The van der Waals surface area contributed by atoms with Crippen molar-refractivity contribution in [2.24, 2.45) is 0 Å². The molecule has 176 valence electrons. The molecule has 7 nitrogen and oxygen atoms in total. The maximum atomic E-state index is 12.6. The molecular weight excluding hydrogens is 470 g/mol. The number of nitrogens with one attached hydrogen (secondary N) is 2. The topological polar surface area (TPSA) is 73.5 Å². The minimum absolute atomic E-state index is 0.0284. The highest BCUT2D eigenvalue weighted by Crippen LogP contribution is 2.30. The Morgan fingerprint density at radius 1 is 1.09 bits per heavy atom. The highest BCUT2D eigenvalue weighted by Gasteiger charge is 2.19. The molecule has 0 radical (unpaired) electrons. The van der Waals surface area contributed by atoms with Gasteiger partial charge in [0.2, 0.25) is 5.91 Å². The molecule has 1 fully saturated rings. The molecule has 0 saturated carbocycles. The zero-order chi connectivity index (χ0) is 23.3. The normalized spacial score (nSPS) is 15.0. The Kier molecular flexibility index (Phi) is 7.10. The zero-order valence-corrected chi connectivity index (χ0v) is 20.2.